The molecule has 28 heavy (non-hydrogen) atoms. The number of rotatable bonds is 6. The Kier molecular flexibility index (Phi) is 7.43. The summed E-state index contributed by atoms with van der Waals surface area (Å²) < 4.78 is 4.98. The van der Waals surface area contributed by atoms with E-state index in [1.165, 1.54) is 30.1 Å². The molecule has 1 N–H and O–H groups in total. The first-order chi connectivity index (χ1) is 13.2. The van der Waals surface area contributed by atoms with Gasteiger partial charge in [-0.05, 0) is 43.2 Å². The molecular weight excluding hydrogens is 403 g/mol. The predicted octanol–water partition coefficient (Wildman–Crippen LogP) is 3.86. The molecule has 0 radical (unpaired) electrons. The smallest absolute Gasteiger partial charge is 0.340 e. The van der Waals surface area contributed by atoms with Crippen molar-refractivity contribution in [1.82, 2.24) is 4.90 Å². The van der Waals surface area contributed by atoms with Crippen molar-refractivity contribution in [1.29, 1.82) is 0 Å². The molecule has 0 atom stereocenters. The molecule has 8 heteroatoms. The number of aryl methyl sites for hydroxylation is 2. The molecule has 0 spiro atoms. The summed E-state index contributed by atoms with van der Waals surface area (Å²) in [5, 5.41) is 3.31. The zero-order valence-corrected chi connectivity index (χ0v) is 17.2. The van der Waals surface area contributed by atoms with Crippen LogP contribution in [0.5, 0.6) is 0 Å². The highest BCUT2D eigenvalue weighted by molar-refractivity contribution is 6.36. The van der Waals surface area contributed by atoms with Crippen LogP contribution in [0.2, 0.25) is 10.0 Å². The molecule has 2 amide bonds. The van der Waals surface area contributed by atoms with Crippen LogP contribution in [0.4, 0.5) is 5.69 Å². The van der Waals surface area contributed by atoms with Crippen molar-refractivity contribution < 1.29 is 19.1 Å². The van der Waals surface area contributed by atoms with Crippen molar-refractivity contribution in [3.05, 3.63) is 63.1 Å². The topological polar surface area (TPSA) is 75.7 Å². The summed E-state index contributed by atoms with van der Waals surface area (Å²) in [4.78, 5) is 37.6. The van der Waals surface area contributed by atoms with Crippen molar-refractivity contribution in [2.75, 3.05) is 25.5 Å². The molecule has 0 aliphatic rings. The molecule has 0 aliphatic heterocycles. The van der Waals surface area contributed by atoms with Crippen LogP contribution in [0, 0.1) is 13.8 Å². The average Bonchev–Trinajstić information content (AvgIpc) is 2.62. The third-order valence-corrected chi connectivity index (χ3v) is 4.58. The fraction of sp³-hybridized carbons (Fsp3) is 0.250. The van der Waals surface area contributed by atoms with Crippen molar-refractivity contribution in [2.24, 2.45) is 0 Å². The van der Waals surface area contributed by atoms with Gasteiger partial charge in [0, 0.05) is 17.8 Å². The highest BCUT2D eigenvalue weighted by atomic mass is 35.5. The molecule has 148 valence electrons. The van der Waals surface area contributed by atoms with Crippen LogP contribution in [0.25, 0.3) is 0 Å². The van der Waals surface area contributed by atoms with E-state index >= 15 is 0 Å². The van der Waals surface area contributed by atoms with E-state index in [9.17, 15) is 14.4 Å². The molecule has 0 unspecified atom stereocenters. The first-order valence-electron chi connectivity index (χ1n) is 8.41. The van der Waals surface area contributed by atoms with E-state index in [1.54, 1.807) is 0 Å². The number of hydrogen-bond donors (Lipinski definition) is 1. The number of nitrogens with one attached hydrogen (secondary N) is 1. The zero-order chi connectivity index (χ0) is 20.8. The number of carbonyl (C=O) groups is 3. The van der Waals surface area contributed by atoms with Crippen molar-refractivity contribution in [2.45, 2.75) is 13.8 Å². The predicted molar refractivity (Wildman–Crippen MR) is 109 cm³/mol. The Balaban J connectivity index is 1.88. The van der Waals surface area contributed by atoms with Crippen LogP contribution < -0.4 is 5.32 Å². The van der Waals surface area contributed by atoms with E-state index in [-0.39, 0.29) is 23.0 Å². The van der Waals surface area contributed by atoms with Crippen molar-refractivity contribution in [3.8, 4) is 0 Å². The number of nitrogens with zero attached hydrogens (tertiary/aromatic N) is 1. The summed E-state index contributed by atoms with van der Waals surface area (Å²) in [6.45, 7) is 3.09. The van der Waals surface area contributed by atoms with E-state index in [4.69, 9.17) is 27.9 Å². The first-order valence-corrected chi connectivity index (χ1v) is 9.17. The Bertz CT molecular complexity index is 895. The third kappa shape index (κ3) is 5.71. The number of hydrogen-bond acceptors (Lipinski definition) is 4. The molecule has 0 bridgehead atoms. The van der Waals surface area contributed by atoms with Gasteiger partial charge in [0.25, 0.3) is 5.91 Å². The summed E-state index contributed by atoms with van der Waals surface area (Å²) in [6, 6.07) is 10.00. The fourth-order valence-corrected chi connectivity index (χ4v) is 2.95. The van der Waals surface area contributed by atoms with Crippen LogP contribution >= 0.6 is 23.2 Å². The van der Waals surface area contributed by atoms with Crippen LogP contribution in [0.15, 0.2) is 36.4 Å². The standard InChI is InChI=1S/C20H20Cl2N2O4/c1-12-5-4-6-13(2)19(12)23-17(25)10-24(3)18(26)11-28-20(27)15-8-7-14(21)9-16(15)22/h4-9H,10-11H2,1-3H3,(H,23,25). The minimum atomic E-state index is -0.747. The monoisotopic (exact) mass is 422 g/mol. The van der Waals surface area contributed by atoms with Gasteiger partial charge < -0.3 is 15.0 Å². The number of carbonyl (C=O) groups excluding carboxylic acids is 3. The number of anilines is 1. The second kappa shape index (κ2) is 9.57. The Labute approximate surface area is 173 Å². The Morgan fingerprint density at radius 2 is 1.71 bits per heavy atom. The Hall–Kier alpha value is -2.57. The minimum absolute atomic E-state index is 0.106. The lowest BCUT2D eigenvalue weighted by Gasteiger charge is -2.18. The van der Waals surface area contributed by atoms with Crippen LogP contribution in [-0.2, 0) is 14.3 Å². The zero-order valence-electron chi connectivity index (χ0n) is 15.7. The van der Waals surface area contributed by atoms with E-state index in [0.717, 1.165) is 16.8 Å². The maximum atomic E-state index is 12.2. The lowest BCUT2D eigenvalue weighted by atomic mass is 10.1. The molecule has 0 aromatic heterocycles. The highest BCUT2D eigenvalue weighted by Crippen LogP contribution is 2.22. The molecule has 0 aliphatic carbocycles. The summed E-state index contributed by atoms with van der Waals surface area (Å²) >= 11 is 11.7. The van der Waals surface area contributed by atoms with Crippen molar-refractivity contribution in [3.63, 3.8) is 0 Å². The Morgan fingerprint density at radius 3 is 2.32 bits per heavy atom. The van der Waals surface area contributed by atoms with Crippen LogP contribution in [0.3, 0.4) is 0 Å². The molecular formula is C20H20Cl2N2O4. The van der Waals surface area contributed by atoms with Gasteiger partial charge in [-0.25, -0.2) is 4.79 Å². The van der Waals surface area contributed by atoms with Gasteiger partial charge in [-0.1, -0.05) is 41.4 Å². The van der Waals surface area contributed by atoms with E-state index in [1.807, 2.05) is 32.0 Å². The Morgan fingerprint density at radius 1 is 1.07 bits per heavy atom. The second-order valence-corrected chi connectivity index (χ2v) is 7.11. The maximum Gasteiger partial charge on any atom is 0.340 e. The molecule has 0 saturated heterocycles. The molecule has 0 saturated carbocycles. The summed E-state index contributed by atoms with van der Waals surface area (Å²) in [5.41, 5.74) is 2.68. The second-order valence-electron chi connectivity index (χ2n) is 6.27. The van der Waals surface area contributed by atoms with Gasteiger partial charge in [0.15, 0.2) is 6.61 Å². The summed E-state index contributed by atoms with van der Waals surface area (Å²) in [5.74, 6) is -1.61. The van der Waals surface area contributed by atoms with E-state index in [0.29, 0.717) is 5.02 Å². The summed E-state index contributed by atoms with van der Waals surface area (Å²) in [6.07, 6.45) is 0. The molecule has 2 aromatic carbocycles. The van der Waals surface area contributed by atoms with Gasteiger partial charge in [0.05, 0.1) is 17.1 Å². The fourth-order valence-electron chi connectivity index (χ4n) is 2.46. The van der Waals surface area contributed by atoms with Crippen molar-refractivity contribution >= 4 is 46.7 Å². The highest BCUT2D eigenvalue weighted by Gasteiger charge is 2.18. The quantitative estimate of drug-likeness (QED) is 0.716. The van der Waals surface area contributed by atoms with Gasteiger partial charge in [-0.2, -0.15) is 0 Å². The molecule has 6 nitrogen and oxygen atoms in total. The summed E-state index contributed by atoms with van der Waals surface area (Å²) in [7, 11) is 1.45. The average molecular weight is 423 g/mol. The minimum Gasteiger partial charge on any atom is -0.452 e. The molecule has 2 aromatic rings. The third-order valence-electron chi connectivity index (χ3n) is 4.03. The number of esters is 1. The van der Waals surface area contributed by atoms with Gasteiger partial charge in [0.2, 0.25) is 5.91 Å². The molecule has 0 heterocycles. The lowest BCUT2D eigenvalue weighted by molar-refractivity contribution is -0.136. The van der Waals surface area contributed by atoms with Crippen LogP contribution in [-0.4, -0.2) is 42.9 Å². The normalized spacial score (nSPS) is 10.3. The molecule has 2 rings (SSSR count). The van der Waals surface area contributed by atoms with Gasteiger partial charge in [0.1, 0.15) is 0 Å². The lowest BCUT2D eigenvalue weighted by Crippen LogP contribution is -2.37. The first kappa shape index (κ1) is 21.7. The number of halogens is 2. The van der Waals surface area contributed by atoms with E-state index < -0.39 is 18.5 Å². The number of amides is 2. The largest absolute Gasteiger partial charge is 0.452 e. The maximum absolute atomic E-state index is 12.2. The van der Waals surface area contributed by atoms with Crippen LogP contribution in [0.1, 0.15) is 21.5 Å². The number of likely N-dealkylation sites (N-methyl/N-ethyl adjacent to an activating group) is 1. The van der Waals surface area contributed by atoms with Gasteiger partial charge in [-0.3, -0.25) is 9.59 Å². The number of benzene rings is 2. The number of ether oxygens (including phenoxy) is 1. The number of para-hydroxylation sites is 1. The van der Waals surface area contributed by atoms with E-state index in [2.05, 4.69) is 5.32 Å². The molecule has 0 fully saturated rings. The van der Waals surface area contributed by atoms with Gasteiger partial charge >= 0.3 is 5.97 Å². The van der Waals surface area contributed by atoms with Gasteiger partial charge in [-0.15, -0.1) is 0 Å². The SMILES string of the molecule is Cc1cccc(C)c1NC(=O)CN(C)C(=O)COC(=O)c1ccc(Cl)cc1Cl.